The highest BCUT2D eigenvalue weighted by molar-refractivity contribution is 7.98. The Kier molecular flexibility index (Phi) is 4.76. The lowest BCUT2D eigenvalue weighted by molar-refractivity contribution is 0.257. The molecule has 3 aromatic rings. The van der Waals surface area contributed by atoms with E-state index in [1.807, 2.05) is 24.3 Å². The lowest BCUT2D eigenvalue weighted by Gasteiger charge is -2.09. The number of rotatable bonds is 5. The van der Waals surface area contributed by atoms with E-state index in [4.69, 9.17) is 14.0 Å². The molecule has 0 bridgehead atoms. The second-order valence-electron chi connectivity index (χ2n) is 4.70. The molecule has 0 saturated heterocycles. The quantitative estimate of drug-likeness (QED) is 0.686. The van der Waals surface area contributed by atoms with Gasteiger partial charge in [0.25, 0.3) is 0 Å². The third kappa shape index (κ3) is 3.38. The Balaban J connectivity index is 1.63. The van der Waals surface area contributed by atoms with Crippen LogP contribution in [-0.4, -0.2) is 25.4 Å². The molecule has 0 aliphatic heterocycles. The SMILES string of the molecule is COc1ccc(SNC(=O)Nc2noc3ccccc23)cc1OC. The average molecular weight is 345 g/mol. The van der Waals surface area contributed by atoms with E-state index >= 15 is 0 Å². The van der Waals surface area contributed by atoms with Crippen molar-refractivity contribution in [1.82, 2.24) is 9.88 Å². The second-order valence-corrected chi connectivity index (χ2v) is 5.58. The molecule has 7 nitrogen and oxygen atoms in total. The molecule has 124 valence electrons. The van der Waals surface area contributed by atoms with Crippen LogP contribution in [-0.2, 0) is 0 Å². The molecule has 0 radical (unpaired) electrons. The highest BCUT2D eigenvalue weighted by atomic mass is 32.2. The van der Waals surface area contributed by atoms with E-state index in [9.17, 15) is 4.79 Å². The standard InChI is InChI=1S/C16H15N3O4S/c1-21-13-8-7-10(9-14(13)22-2)24-19-16(20)17-15-11-5-3-4-6-12(11)23-18-15/h3-9H,1-2H3,(H2,17,18,19,20). The Morgan fingerprint density at radius 3 is 2.71 bits per heavy atom. The van der Waals surface area contributed by atoms with Gasteiger partial charge in [-0.1, -0.05) is 17.3 Å². The van der Waals surface area contributed by atoms with E-state index in [-0.39, 0.29) is 0 Å². The smallest absolute Gasteiger partial charge is 0.330 e. The van der Waals surface area contributed by atoms with Crippen molar-refractivity contribution in [3.8, 4) is 11.5 Å². The fourth-order valence-electron chi connectivity index (χ4n) is 2.09. The van der Waals surface area contributed by atoms with E-state index in [1.165, 1.54) is 0 Å². The fourth-order valence-corrected chi connectivity index (χ4v) is 2.66. The van der Waals surface area contributed by atoms with Gasteiger partial charge in [0.1, 0.15) is 0 Å². The molecule has 0 saturated carbocycles. The molecule has 3 rings (SSSR count). The van der Waals surface area contributed by atoms with Gasteiger partial charge in [-0.3, -0.25) is 10.0 Å². The van der Waals surface area contributed by atoms with Gasteiger partial charge in [0, 0.05) is 4.90 Å². The fraction of sp³-hybridized carbons (Fsp3) is 0.125. The van der Waals surface area contributed by atoms with Crippen molar-refractivity contribution in [2.45, 2.75) is 4.90 Å². The first-order valence-corrected chi connectivity index (χ1v) is 7.83. The van der Waals surface area contributed by atoms with E-state index in [2.05, 4.69) is 15.2 Å². The first-order chi connectivity index (χ1) is 11.7. The normalized spacial score (nSPS) is 10.4. The van der Waals surface area contributed by atoms with Gasteiger partial charge in [-0.15, -0.1) is 0 Å². The van der Waals surface area contributed by atoms with E-state index in [1.54, 1.807) is 32.4 Å². The predicted octanol–water partition coefficient (Wildman–Crippen LogP) is 3.67. The third-order valence-electron chi connectivity index (χ3n) is 3.23. The summed E-state index contributed by atoms with van der Waals surface area (Å²) in [6.45, 7) is 0. The zero-order valence-electron chi connectivity index (χ0n) is 13.0. The van der Waals surface area contributed by atoms with Gasteiger partial charge in [-0.25, -0.2) is 4.79 Å². The van der Waals surface area contributed by atoms with Gasteiger partial charge < -0.3 is 14.0 Å². The molecule has 0 spiro atoms. The summed E-state index contributed by atoms with van der Waals surface area (Å²) < 4.78 is 18.2. The monoisotopic (exact) mass is 345 g/mol. The summed E-state index contributed by atoms with van der Waals surface area (Å²) in [5, 5.41) is 7.24. The van der Waals surface area contributed by atoms with Gasteiger partial charge in [0.05, 0.1) is 19.6 Å². The lowest BCUT2D eigenvalue weighted by Crippen LogP contribution is -2.22. The number of amides is 2. The predicted molar refractivity (Wildman–Crippen MR) is 91.6 cm³/mol. The molecule has 0 fully saturated rings. The van der Waals surface area contributed by atoms with Gasteiger partial charge >= 0.3 is 6.03 Å². The summed E-state index contributed by atoms with van der Waals surface area (Å²) in [5.41, 5.74) is 0.611. The molecule has 2 N–H and O–H groups in total. The number of methoxy groups -OCH3 is 2. The Morgan fingerprint density at radius 2 is 1.92 bits per heavy atom. The van der Waals surface area contributed by atoms with Crippen molar-refractivity contribution >= 4 is 34.8 Å². The second kappa shape index (κ2) is 7.14. The molecule has 1 aromatic heterocycles. The van der Waals surface area contributed by atoms with Crippen molar-refractivity contribution in [2.75, 3.05) is 19.5 Å². The summed E-state index contributed by atoms with van der Waals surface area (Å²) in [6, 6.07) is 12.2. The summed E-state index contributed by atoms with van der Waals surface area (Å²) >= 11 is 1.15. The number of nitrogens with one attached hydrogen (secondary N) is 2. The van der Waals surface area contributed by atoms with Crippen LogP contribution in [0.25, 0.3) is 11.0 Å². The number of benzene rings is 2. The van der Waals surface area contributed by atoms with Crippen LogP contribution >= 0.6 is 11.9 Å². The average Bonchev–Trinajstić information content (AvgIpc) is 3.02. The molecule has 1 heterocycles. The summed E-state index contributed by atoms with van der Waals surface area (Å²) in [4.78, 5) is 12.8. The zero-order valence-corrected chi connectivity index (χ0v) is 13.8. The number of ether oxygens (including phenoxy) is 2. The highest BCUT2D eigenvalue weighted by Gasteiger charge is 2.11. The molecule has 0 aliphatic rings. The van der Waals surface area contributed by atoms with Crippen LogP contribution in [0, 0.1) is 0 Å². The number of nitrogens with zero attached hydrogens (tertiary/aromatic N) is 1. The number of carbonyl (C=O) groups is 1. The van der Waals surface area contributed by atoms with Gasteiger partial charge in [-0.2, -0.15) is 0 Å². The number of fused-ring (bicyclic) bond motifs is 1. The summed E-state index contributed by atoms with van der Waals surface area (Å²) in [7, 11) is 3.13. The van der Waals surface area contributed by atoms with E-state index in [0.717, 1.165) is 22.2 Å². The van der Waals surface area contributed by atoms with Gasteiger partial charge in [0.2, 0.25) is 0 Å². The first-order valence-electron chi connectivity index (χ1n) is 7.01. The molecule has 24 heavy (non-hydrogen) atoms. The van der Waals surface area contributed by atoms with Crippen molar-refractivity contribution in [2.24, 2.45) is 0 Å². The number of hydrogen-bond donors (Lipinski definition) is 2. The molecule has 0 aliphatic carbocycles. The third-order valence-corrected chi connectivity index (χ3v) is 4.00. The van der Waals surface area contributed by atoms with E-state index in [0.29, 0.717) is 22.9 Å². The molecule has 2 amide bonds. The minimum absolute atomic E-state index is 0.371. The van der Waals surface area contributed by atoms with Crippen LogP contribution in [0.4, 0.5) is 10.6 Å². The van der Waals surface area contributed by atoms with Crippen LogP contribution < -0.4 is 19.5 Å². The maximum absolute atomic E-state index is 12.0. The molecule has 2 aromatic carbocycles. The Labute approximate surface area is 142 Å². The minimum atomic E-state index is -0.408. The number of para-hydroxylation sites is 1. The van der Waals surface area contributed by atoms with Crippen LogP contribution in [0.2, 0.25) is 0 Å². The molecular formula is C16H15N3O4S. The number of carbonyl (C=O) groups excluding carboxylic acids is 1. The number of aromatic nitrogens is 1. The van der Waals surface area contributed by atoms with Crippen molar-refractivity contribution in [3.05, 3.63) is 42.5 Å². The lowest BCUT2D eigenvalue weighted by atomic mass is 10.2. The maximum atomic E-state index is 12.0. The van der Waals surface area contributed by atoms with Gasteiger partial charge in [-0.05, 0) is 42.3 Å². The zero-order chi connectivity index (χ0) is 16.9. The van der Waals surface area contributed by atoms with Crippen LogP contribution in [0.15, 0.2) is 51.9 Å². The largest absolute Gasteiger partial charge is 0.493 e. The van der Waals surface area contributed by atoms with Crippen LogP contribution in [0.1, 0.15) is 0 Å². The summed E-state index contributed by atoms with van der Waals surface area (Å²) in [6.07, 6.45) is 0. The van der Waals surface area contributed by atoms with Crippen LogP contribution in [0.5, 0.6) is 11.5 Å². The summed E-state index contributed by atoms with van der Waals surface area (Å²) in [5.74, 6) is 1.59. The van der Waals surface area contributed by atoms with Crippen LogP contribution in [0.3, 0.4) is 0 Å². The minimum Gasteiger partial charge on any atom is -0.493 e. The van der Waals surface area contributed by atoms with Crippen molar-refractivity contribution in [3.63, 3.8) is 0 Å². The number of hydrogen-bond acceptors (Lipinski definition) is 6. The molecular weight excluding hydrogens is 330 g/mol. The van der Waals surface area contributed by atoms with Gasteiger partial charge in [0.15, 0.2) is 22.9 Å². The maximum Gasteiger partial charge on any atom is 0.330 e. The Bertz CT molecular complexity index is 865. The molecule has 8 heteroatoms. The van der Waals surface area contributed by atoms with Crippen molar-refractivity contribution < 1.29 is 18.8 Å². The van der Waals surface area contributed by atoms with E-state index < -0.39 is 6.03 Å². The first kappa shape index (κ1) is 16.0. The Hall–Kier alpha value is -2.87. The number of anilines is 1. The number of urea groups is 1. The van der Waals surface area contributed by atoms with Crippen molar-refractivity contribution in [1.29, 1.82) is 0 Å². The topological polar surface area (TPSA) is 85.6 Å². The molecule has 0 atom stereocenters. The molecule has 0 unspecified atom stereocenters. The highest BCUT2D eigenvalue weighted by Crippen LogP contribution is 2.31. The Morgan fingerprint density at radius 1 is 1.12 bits per heavy atom.